The van der Waals surface area contributed by atoms with Crippen LogP contribution in [-0.4, -0.2) is 46.7 Å². The van der Waals surface area contributed by atoms with Crippen LogP contribution in [-0.2, 0) is 21.9 Å². The number of carbonyl (C=O) groups is 2. The fourth-order valence-corrected chi connectivity index (χ4v) is 4.78. The Labute approximate surface area is 285 Å². The van der Waals surface area contributed by atoms with Gasteiger partial charge in [0.25, 0.3) is 11.8 Å². The molecule has 280 valence electrons. The Kier molecular flexibility index (Phi) is 11.5. The lowest BCUT2D eigenvalue weighted by Crippen LogP contribution is -2.50. The molecule has 0 aliphatic carbocycles. The molecule has 0 unspecified atom stereocenters. The van der Waals surface area contributed by atoms with Crippen LogP contribution >= 0.6 is 0 Å². The first-order chi connectivity index (χ1) is 23.9. The van der Waals surface area contributed by atoms with Crippen LogP contribution in [0.1, 0.15) is 50.7 Å². The number of nitrogens with zero attached hydrogens (tertiary/aromatic N) is 4. The van der Waals surface area contributed by atoms with E-state index in [1.165, 1.54) is 13.8 Å². The maximum Gasteiger partial charge on any atom is 0.431 e. The SMILES string of the molecule is [C-]#[N+]c1ccc(NC(=O)[C@@]2(CC)CC(C(F)(F)F)=NN2)cc1C(F)(F)F.[C-]#[N+]c1ccc(NC(=O)[C@]2(CC)CC(C(F)(F)F)=NN2)cc1C(F)(F)F. The number of hydrazone groups is 2. The Morgan fingerprint density at radius 3 is 1.21 bits per heavy atom. The molecule has 0 aromatic heterocycles. The molecule has 4 rings (SSSR count). The molecule has 2 atom stereocenters. The number of rotatable bonds is 6. The summed E-state index contributed by atoms with van der Waals surface area (Å²) in [4.78, 5) is 30.3. The van der Waals surface area contributed by atoms with Crippen LogP contribution < -0.4 is 21.5 Å². The van der Waals surface area contributed by atoms with Gasteiger partial charge in [-0.05, 0) is 37.1 Å². The normalized spacial score (nSPS) is 20.2. The van der Waals surface area contributed by atoms with E-state index in [0.29, 0.717) is 12.1 Å². The highest BCUT2D eigenvalue weighted by atomic mass is 19.4. The van der Waals surface area contributed by atoms with Crippen molar-refractivity contribution in [3.8, 4) is 0 Å². The predicted octanol–water partition coefficient (Wildman–Crippen LogP) is 8.51. The van der Waals surface area contributed by atoms with Crippen molar-refractivity contribution in [3.63, 3.8) is 0 Å². The number of amides is 2. The van der Waals surface area contributed by atoms with Gasteiger partial charge in [-0.25, -0.2) is 9.69 Å². The Hall–Kier alpha value is -5.54. The highest BCUT2D eigenvalue weighted by molar-refractivity contribution is 6.06. The monoisotopic (exact) mass is 756 g/mol. The van der Waals surface area contributed by atoms with Crippen LogP contribution in [0.3, 0.4) is 0 Å². The van der Waals surface area contributed by atoms with Crippen LogP contribution in [0.5, 0.6) is 0 Å². The van der Waals surface area contributed by atoms with E-state index < -0.39 is 94.4 Å². The summed E-state index contributed by atoms with van der Waals surface area (Å²) in [5, 5.41) is 10.6. The van der Waals surface area contributed by atoms with Crippen LogP contribution in [0, 0.1) is 13.1 Å². The Morgan fingerprint density at radius 1 is 0.654 bits per heavy atom. The van der Waals surface area contributed by atoms with E-state index in [1.807, 2.05) is 0 Å². The molecule has 0 saturated heterocycles. The largest absolute Gasteiger partial charge is 0.431 e. The highest BCUT2D eigenvalue weighted by Gasteiger charge is 2.51. The fourth-order valence-electron chi connectivity index (χ4n) is 4.78. The first-order valence-electron chi connectivity index (χ1n) is 14.5. The van der Waals surface area contributed by atoms with Crippen molar-refractivity contribution >= 4 is 46.0 Å². The van der Waals surface area contributed by atoms with Gasteiger partial charge in [-0.1, -0.05) is 26.0 Å². The van der Waals surface area contributed by atoms with Crippen molar-refractivity contribution in [2.45, 2.75) is 75.3 Å². The van der Waals surface area contributed by atoms with E-state index in [2.05, 4.69) is 41.4 Å². The number of benzene rings is 2. The molecule has 0 radical (unpaired) electrons. The molecule has 10 nitrogen and oxygen atoms in total. The number of nitrogens with one attached hydrogen (secondary N) is 4. The van der Waals surface area contributed by atoms with Crippen LogP contribution in [0.15, 0.2) is 46.6 Å². The van der Waals surface area contributed by atoms with E-state index in [1.54, 1.807) is 0 Å². The summed E-state index contributed by atoms with van der Waals surface area (Å²) in [6, 6.07) is 5.03. The molecule has 2 aromatic carbocycles. The molecule has 2 aliphatic heterocycles. The summed E-state index contributed by atoms with van der Waals surface area (Å²) in [7, 11) is 0. The minimum absolute atomic E-state index is 0.0752. The summed E-state index contributed by atoms with van der Waals surface area (Å²) >= 11 is 0. The average molecular weight is 757 g/mol. The van der Waals surface area contributed by atoms with Crippen molar-refractivity contribution in [1.29, 1.82) is 0 Å². The van der Waals surface area contributed by atoms with Gasteiger partial charge in [0.15, 0.2) is 11.4 Å². The number of carbonyl (C=O) groups excluding carboxylic acids is 2. The quantitative estimate of drug-likeness (QED) is 0.175. The van der Waals surface area contributed by atoms with Gasteiger partial charge in [-0.15, -0.1) is 0 Å². The first-order valence-corrected chi connectivity index (χ1v) is 14.5. The maximum atomic E-state index is 13.0. The molecule has 22 heteroatoms. The fraction of sp³-hybridized carbons (Fsp3) is 0.400. The molecule has 2 aromatic rings. The molecule has 0 spiro atoms. The second-order valence-electron chi connectivity index (χ2n) is 11.2. The predicted molar refractivity (Wildman–Crippen MR) is 161 cm³/mol. The van der Waals surface area contributed by atoms with E-state index in [9.17, 15) is 62.3 Å². The first kappa shape index (κ1) is 40.9. The molecule has 2 amide bonds. The molecule has 52 heavy (non-hydrogen) atoms. The number of halogens is 12. The Balaban J connectivity index is 0.000000280. The molecule has 2 aliphatic rings. The van der Waals surface area contributed by atoms with Crippen molar-refractivity contribution in [1.82, 2.24) is 10.9 Å². The highest BCUT2D eigenvalue weighted by Crippen LogP contribution is 2.40. The molecule has 0 saturated carbocycles. The van der Waals surface area contributed by atoms with Gasteiger partial charge in [0.2, 0.25) is 0 Å². The third kappa shape index (κ3) is 9.03. The Morgan fingerprint density at radius 2 is 0.981 bits per heavy atom. The number of alkyl halides is 12. The van der Waals surface area contributed by atoms with Gasteiger partial charge in [0.05, 0.1) is 24.3 Å². The van der Waals surface area contributed by atoms with E-state index in [4.69, 9.17) is 13.1 Å². The number of hydrogen-bond donors (Lipinski definition) is 4. The zero-order chi connectivity index (χ0) is 39.5. The third-order valence-electron chi connectivity index (χ3n) is 7.84. The lowest BCUT2D eigenvalue weighted by Gasteiger charge is -2.26. The topological polar surface area (TPSA) is 116 Å². The minimum Gasteiger partial charge on any atom is -0.324 e. The van der Waals surface area contributed by atoms with Crippen LogP contribution in [0.2, 0.25) is 0 Å². The summed E-state index contributed by atoms with van der Waals surface area (Å²) in [5.41, 5.74) is -5.86. The molecule has 2 heterocycles. The van der Waals surface area contributed by atoms with Crippen molar-refractivity contribution in [3.05, 3.63) is 70.4 Å². The summed E-state index contributed by atoms with van der Waals surface area (Å²) < 4.78 is 154. The van der Waals surface area contributed by atoms with E-state index >= 15 is 0 Å². The average Bonchev–Trinajstić information content (AvgIpc) is 3.72. The van der Waals surface area contributed by atoms with Crippen molar-refractivity contribution in [2.24, 2.45) is 10.2 Å². The molecular formula is C30H24F12N8O2. The van der Waals surface area contributed by atoms with Crippen LogP contribution in [0.25, 0.3) is 9.69 Å². The van der Waals surface area contributed by atoms with Gasteiger partial charge in [-0.2, -0.15) is 62.9 Å². The third-order valence-corrected chi connectivity index (χ3v) is 7.84. The van der Waals surface area contributed by atoms with Gasteiger partial charge >= 0.3 is 24.7 Å². The number of hydrogen-bond acceptors (Lipinski definition) is 6. The molecular weight excluding hydrogens is 732 g/mol. The van der Waals surface area contributed by atoms with Crippen molar-refractivity contribution < 1.29 is 62.3 Å². The summed E-state index contributed by atoms with van der Waals surface area (Å²) in [5.74, 6) is -1.90. The standard InChI is InChI=1S/2C15H12F6N4O/c2*1-3-13(7-11(24-25-13)15(19,20)21)12(26)23-8-4-5-10(22-2)9(6-8)14(16,17)18/h2*4-6,25H,3,7H2,1H3,(H,23,26)/t2*13-/m10/s1. The van der Waals surface area contributed by atoms with Crippen LogP contribution in [0.4, 0.5) is 75.4 Å². The molecule has 0 bridgehead atoms. The Bertz CT molecular complexity index is 1720. The summed E-state index contributed by atoms with van der Waals surface area (Å²) in [6.45, 7) is 16.4. The van der Waals surface area contributed by atoms with E-state index in [-0.39, 0.29) is 24.2 Å². The smallest absolute Gasteiger partial charge is 0.324 e. The zero-order valence-electron chi connectivity index (χ0n) is 26.4. The zero-order valence-corrected chi connectivity index (χ0v) is 26.4. The molecule has 4 N–H and O–H groups in total. The van der Waals surface area contributed by atoms with Gasteiger partial charge < -0.3 is 10.6 Å². The van der Waals surface area contributed by atoms with E-state index in [0.717, 1.165) is 24.3 Å². The summed E-state index contributed by atoms with van der Waals surface area (Å²) in [6.07, 6.45) is -20.7. The maximum absolute atomic E-state index is 13.0. The minimum atomic E-state index is -4.82. The van der Waals surface area contributed by atoms with Gasteiger partial charge in [0, 0.05) is 24.2 Å². The lowest BCUT2D eigenvalue weighted by atomic mass is 9.90. The van der Waals surface area contributed by atoms with Gasteiger partial charge in [0.1, 0.15) is 22.5 Å². The second kappa shape index (κ2) is 14.6. The van der Waals surface area contributed by atoms with Crippen molar-refractivity contribution in [2.75, 3.05) is 10.6 Å². The number of anilines is 2. The lowest BCUT2D eigenvalue weighted by molar-refractivity contribution is -0.137. The molecule has 0 fully saturated rings. The van der Waals surface area contributed by atoms with Gasteiger partial charge in [-0.3, -0.25) is 20.4 Å². The second-order valence-corrected chi connectivity index (χ2v) is 11.2.